The van der Waals surface area contributed by atoms with Crippen LogP contribution in [0.25, 0.3) is 0 Å². The predicted molar refractivity (Wildman–Crippen MR) is 126 cm³/mol. The Morgan fingerprint density at radius 3 is 2.09 bits per heavy atom. The second-order valence-electron chi connectivity index (χ2n) is 10.9. The Morgan fingerprint density at radius 2 is 1.53 bits per heavy atom. The molecule has 7 nitrogen and oxygen atoms in total. The van der Waals surface area contributed by atoms with Crippen molar-refractivity contribution in [2.75, 3.05) is 45.8 Å². The Labute approximate surface area is 193 Å². The number of carbonyl (C=O) groups is 2. The van der Waals surface area contributed by atoms with Gasteiger partial charge in [-0.1, -0.05) is 30.3 Å². The summed E-state index contributed by atoms with van der Waals surface area (Å²) >= 11 is 0. The maximum Gasteiger partial charge on any atom is 0.411 e. The number of amides is 2. The Balaban J connectivity index is 1.66. The van der Waals surface area contributed by atoms with E-state index in [0.717, 1.165) is 26.2 Å². The third-order valence-corrected chi connectivity index (χ3v) is 6.18. The van der Waals surface area contributed by atoms with Crippen molar-refractivity contribution in [2.24, 2.45) is 0 Å². The SMILES string of the molecule is CC(C)(C)OC(=O)N1CCN(C(C)(C)C)CC1C(=O)N1CCN(Cc2ccccc2)CC1. The van der Waals surface area contributed by atoms with Gasteiger partial charge in [0.1, 0.15) is 11.6 Å². The van der Waals surface area contributed by atoms with Gasteiger partial charge in [-0.25, -0.2) is 4.79 Å². The van der Waals surface area contributed by atoms with Gasteiger partial charge in [-0.3, -0.25) is 19.5 Å². The molecule has 1 unspecified atom stereocenters. The van der Waals surface area contributed by atoms with E-state index in [9.17, 15) is 9.59 Å². The minimum atomic E-state index is -0.588. The molecule has 0 bridgehead atoms. The molecule has 32 heavy (non-hydrogen) atoms. The fraction of sp³-hybridized carbons (Fsp3) is 0.680. The smallest absolute Gasteiger partial charge is 0.411 e. The number of carbonyl (C=O) groups excluding carboxylic acids is 2. The highest BCUT2D eigenvalue weighted by Gasteiger charge is 2.42. The van der Waals surface area contributed by atoms with Gasteiger partial charge in [-0.15, -0.1) is 0 Å². The molecular weight excluding hydrogens is 404 g/mol. The highest BCUT2D eigenvalue weighted by Crippen LogP contribution is 2.23. The Bertz CT molecular complexity index is 777. The van der Waals surface area contributed by atoms with E-state index in [1.165, 1.54) is 5.56 Å². The fourth-order valence-corrected chi connectivity index (χ4v) is 4.32. The first-order valence-corrected chi connectivity index (χ1v) is 11.7. The minimum absolute atomic E-state index is 0.0316. The number of rotatable bonds is 3. The maximum atomic E-state index is 13.6. The lowest BCUT2D eigenvalue weighted by atomic mass is 10.0. The highest BCUT2D eigenvalue weighted by molar-refractivity contribution is 5.86. The van der Waals surface area contributed by atoms with Crippen molar-refractivity contribution in [3.8, 4) is 0 Å². The van der Waals surface area contributed by atoms with Crippen LogP contribution in [0, 0.1) is 0 Å². The first-order chi connectivity index (χ1) is 14.9. The zero-order valence-corrected chi connectivity index (χ0v) is 20.6. The van der Waals surface area contributed by atoms with Crippen molar-refractivity contribution in [1.29, 1.82) is 0 Å². The van der Waals surface area contributed by atoms with E-state index < -0.39 is 17.7 Å². The van der Waals surface area contributed by atoms with Crippen LogP contribution in [0.3, 0.4) is 0 Å². The molecule has 1 aromatic carbocycles. The molecule has 1 aromatic rings. The third-order valence-electron chi connectivity index (χ3n) is 6.18. The molecule has 2 saturated heterocycles. The first kappa shape index (κ1) is 24.5. The molecule has 0 radical (unpaired) electrons. The second kappa shape index (κ2) is 9.79. The van der Waals surface area contributed by atoms with Crippen LogP contribution >= 0.6 is 0 Å². The molecule has 0 spiro atoms. The molecule has 2 fully saturated rings. The number of ether oxygens (including phenoxy) is 1. The topological polar surface area (TPSA) is 56.3 Å². The summed E-state index contributed by atoms with van der Waals surface area (Å²) in [6.45, 7) is 17.7. The van der Waals surface area contributed by atoms with Crippen LogP contribution in [0.1, 0.15) is 47.1 Å². The first-order valence-electron chi connectivity index (χ1n) is 11.7. The van der Waals surface area contributed by atoms with Crippen molar-refractivity contribution in [3.63, 3.8) is 0 Å². The lowest BCUT2D eigenvalue weighted by Gasteiger charge is -2.47. The summed E-state index contributed by atoms with van der Waals surface area (Å²) in [4.78, 5) is 34.8. The monoisotopic (exact) mass is 444 g/mol. The van der Waals surface area contributed by atoms with Crippen LogP contribution in [-0.4, -0.2) is 94.6 Å². The van der Waals surface area contributed by atoms with Crippen molar-refractivity contribution in [1.82, 2.24) is 19.6 Å². The third kappa shape index (κ3) is 6.45. The van der Waals surface area contributed by atoms with E-state index in [1.54, 1.807) is 4.90 Å². The van der Waals surface area contributed by atoms with Gasteiger partial charge in [0.2, 0.25) is 5.91 Å². The number of hydrogen-bond acceptors (Lipinski definition) is 5. The van der Waals surface area contributed by atoms with E-state index in [-0.39, 0.29) is 11.4 Å². The average Bonchev–Trinajstić information content (AvgIpc) is 2.72. The van der Waals surface area contributed by atoms with Crippen molar-refractivity contribution >= 4 is 12.0 Å². The summed E-state index contributed by atoms with van der Waals surface area (Å²) in [5.41, 5.74) is 0.637. The number of hydrogen-bond donors (Lipinski definition) is 0. The molecule has 2 aliphatic rings. The van der Waals surface area contributed by atoms with Gasteiger partial charge in [0.15, 0.2) is 0 Å². The average molecular weight is 445 g/mol. The van der Waals surface area contributed by atoms with Crippen LogP contribution in [0.15, 0.2) is 30.3 Å². The van der Waals surface area contributed by atoms with Gasteiger partial charge in [0.25, 0.3) is 0 Å². The van der Waals surface area contributed by atoms with Gasteiger partial charge in [0, 0.05) is 57.9 Å². The molecule has 0 N–H and O–H groups in total. The molecule has 0 aromatic heterocycles. The molecule has 178 valence electrons. The van der Waals surface area contributed by atoms with E-state index in [0.29, 0.717) is 26.2 Å². The molecule has 7 heteroatoms. The molecule has 2 amide bonds. The zero-order chi connectivity index (χ0) is 23.5. The molecule has 0 saturated carbocycles. The highest BCUT2D eigenvalue weighted by atomic mass is 16.6. The van der Waals surface area contributed by atoms with Gasteiger partial charge < -0.3 is 9.64 Å². The van der Waals surface area contributed by atoms with Crippen molar-refractivity contribution in [2.45, 2.75) is 65.3 Å². The van der Waals surface area contributed by atoms with Crippen LogP contribution in [0.2, 0.25) is 0 Å². The Morgan fingerprint density at radius 1 is 0.906 bits per heavy atom. The summed E-state index contributed by atoms with van der Waals surface area (Å²) in [6, 6.07) is 9.91. The van der Waals surface area contributed by atoms with Crippen molar-refractivity contribution in [3.05, 3.63) is 35.9 Å². The summed E-state index contributed by atoms with van der Waals surface area (Å²) in [5.74, 6) is 0.0316. The van der Waals surface area contributed by atoms with E-state index in [4.69, 9.17) is 4.74 Å². The number of piperazine rings is 2. The standard InChI is InChI=1S/C25H40N4O3/c1-24(2,3)28-16-17-29(23(31)32-25(4,5)6)21(19-28)22(30)27-14-12-26(13-15-27)18-20-10-8-7-9-11-20/h7-11,21H,12-19H2,1-6H3. The molecular formula is C25H40N4O3. The largest absolute Gasteiger partial charge is 0.444 e. The van der Waals surface area contributed by atoms with E-state index >= 15 is 0 Å². The summed E-state index contributed by atoms with van der Waals surface area (Å²) in [5, 5.41) is 0. The maximum absolute atomic E-state index is 13.6. The normalized spacial score (nSPS) is 21.5. The summed E-state index contributed by atoms with van der Waals surface area (Å²) in [7, 11) is 0. The van der Waals surface area contributed by atoms with Crippen LogP contribution in [-0.2, 0) is 16.1 Å². The van der Waals surface area contributed by atoms with Gasteiger partial charge in [0.05, 0.1) is 0 Å². The summed E-state index contributed by atoms with van der Waals surface area (Å²) < 4.78 is 5.64. The van der Waals surface area contributed by atoms with Crippen LogP contribution in [0.5, 0.6) is 0 Å². The minimum Gasteiger partial charge on any atom is -0.444 e. The molecule has 2 heterocycles. The fourth-order valence-electron chi connectivity index (χ4n) is 4.32. The van der Waals surface area contributed by atoms with Crippen LogP contribution < -0.4 is 0 Å². The molecule has 3 rings (SSSR count). The lowest BCUT2D eigenvalue weighted by Crippen LogP contribution is -2.65. The zero-order valence-electron chi connectivity index (χ0n) is 20.6. The summed E-state index contributed by atoms with van der Waals surface area (Å²) in [6.07, 6.45) is -0.396. The quantitative estimate of drug-likeness (QED) is 0.717. The van der Waals surface area contributed by atoms with E-state index in [1.807, 2.05) is 31.7 Å². The van der Waals surface area contributed by atoms with Crippen molar-refractivity contribution < 1.29 is 14.3 Å². The van der Waals surface area contributed by atoms with Crippen LogP contribution in [0.4, 0.5) is 4.79 Å². The lowest BCUT2D eigenvalue weighted by molar-refractivity contribution is -0.142. The Kier molecular flexibility index (Phi) is 7.50. The van der Waals surface area contributed by atoms with Gasteiger partial charge in [-0.2, -0.15) is 0 Å². The second-order valence-corrected chi connectivity index (χ2v) is 10.9. The molecule has 2 aliphatic heterocycles. The predicted octanol–water partition coefficient (Wildman–Crippen LogP) is 3.05. The number of benzene rings is 1. The van der Waals surface area contributed by atoms with Gasteiger partial charge >= 0.3 is 6.09 Å². The Hall–Kier alpha value is -2.12. The van der Waals surface area contributed by atoms with Gasteiger partial charge in [-0.05, 0) is 47.1 Å². The molecule has 0 aliphatic carbocycles. The van der Waals surface area contributed by atoms with E-state index in [2.05, 4.69) is 54.8 Å². The number of nitrogens with zero attached hydrogens (tertiary/aromatic N) is 4. The molecule has 1 atom stereocenters.